The van der Waals surface area contributed by atoms with Gasteiger partial charge in [0, 0.05) is 5.88 Å². The molecule has 0 nitrogen and oxygen atoms in total. The van der Waals surface area contributed by atoms with Crippen molar-refractivity contribution in [1.82, 2.24) is 0 Å². The van der Waals surface area contributed by atoms with Gasteiger partial charge in [-0.25, -0.2) is 0 Å². The van der Waals surface area contributed by atoms with E-state index in [1.54, 1.807) is 0 Å². The minimum Gasteiger partial charge on any atom is -0.126 e. The van der Waals surface area contributed by atoms with Gasteiger partial charge in [0.2, 0.25) is 0 Å². The molecule has 0 bridgehead atoms. The highest BCUT2D eigenvalue weighted by Crippen LogP contribution is 2.59. The van der Waals surface area contributed by atoms with Crippen LogP contribution in [0.1, 0.15) is 24.8 Å². The molecular weight excluding hydrogens is 168 g/mol. The van der Waals surface area contributed by atoms with Crippen LogP contribution in [0.2, 0.25) is 0 Å². The van der Waals surface area contributed by atoms with Crippen LogP contribution in [-0.2, 0) is 0 Å². The summed E-state index contributed by atoms with van der Waals surface area (Å²) >= 11 is 5.88. The quantitative estimate of drug-likeness (QED) is 0.612. The summed E-state index contributed by atoms with van der Waals surface area (Å²) in [5, 5.41) is 0. The number of hydrogen-bond acceptors (Lipinski definition) is 0. The molecule has 0 saturated heterocycles. The van der Waals surface area contributed by atoms with E-state index in [9.17, 15) is 0 Å². The molecule has 0 N–H and O–H groups in total. The Morgan fingerprint density at radius 1 is 1.42 bits per heavy atom. The molecule has 2 atom stereocenters. The minimum atomic E-state index is 0.378. The lowest BCUT2D eigenvalue weighted by atomic mass is 10.0. The Kier molecular flexibility index (Phi) is 1.88. The van der Waals surface area contributed by atoms with Gasteiger partial charge in [0.15, 0.2) is 0 Å². The molecule has 0 heterocycles. The van der Waals surface area contributed by atoms with Crippen molar-refractivity contribution in [2.45, 2.75) is 19.3 Å². The second-order valence-corrected chi connectivity index (χ2v) is 4.22. The molecule has 2 rings (SSSR count). The second kappa shape index (κ2) is 2.77. The lowest BCUT2D eigenvalue weighted by Crippen LogP contribution is -1.98. The summed E-state index contributed by atoms with van der Waals surface area (Å²) in [6, 6.07) is 10.7. The van der Waals surface area contributed by atoms with Crippen molar-refractivity contribution in [3.8, 4) is 0 Å². The minimum absolute atomic E-state index is 0.378. The van der Waals surface area contributed by atoms with Crippen molar-refractivity contribution in [3.05, 3.63) is 35.9 Å². The van der Waals surface area contributed by atoms with Gasteiger partial charge in [-0.1, -0.05) is 37.3 Å². The average molecular weight is 181 g/mol. The molecule has 1 fully saturated rings. The fraction of sp³-hybridized carbons (Fsp3) is 0.455. The zero-order valence-corrected chi connectivity index (χ0v) is 8.01. The van der Waals surface area contributed by atoms with Gasteiger partial charge in [-0.2, -0.15) is 0 Å². The summed E-state index contributed by atoms with van der Waals surface area (Å²) in [5.41, 5.74) is 1.82. The Morgan fingerprint density at radius 2 is 2.08 bits per heavy atom. The van der Waals surface area contributed by atoms with Crippen molar-refractivity contribution in [1.29, 1.82) is 0 Å². The van der Waals surface area contributed by atoms with E-state index in [4.69, 9.17) is 11.6 Å². The van der Waals surface area contributed by atoms with E-state index in [0.717, 1.165) is 5.88 Å². The molecule has 64 valence electrons. The van der Waals surface area contributed by atoms with Crippen molar-refractivity contribution in [2.24, 2.45) is 5.41 Å². The van der Waals surface area contributed by atoms with Crippen LogP contribution in [0.3, 0.4) is 0 Å². The zero-order chi connectivity index (χ0) is 8.60. The van der Waals surface area contributed by atoms with E-state index < -0.39 is 0 Å². The van der Waals surface area contributed by atoms with Crippen LogP contribution in [0, 0.1) is 5.41 Å². The van der Waals surface area contributed by atoms with Gasteiger partial charge < -0.3 is 0 Å². The van der Waals surface area contributed by atoms with Gasteiger partial charge in [0.1, 0.15) is 0 Å². The maximum atomic E-state index is 5.88. The average Bonchev–Trinajstić information content (AvgIpc) is 2.81. The zero-order valence-electron chi connectivity index (χ0n) is 7.26. The van der Waals surface area contributed by atoms with Crippen molar-refractivity contribution in [2.75, 3.05) is 5.88 Å². The van der Waals surface area contributed by atoms with Gasteiger partial charge in [-0.15, -0.1) is 11.6 Å². The molecule has 0 amide bonds. The highest BCUT2D eigenvalue weighted by atomic mass is 35.5. The highest BCUT2D eigenvalue weighted by molar-refractivity contribution is 6.18. The van der Waals surface area contributed by atoms with E-state index in [0.29, 0.717) is 11.3 Å². The maximum Gasteiger partial charge on any atom is 0.0283 e. The largest absolute Gasteiger partial charge is 0.126 e. The van der Waals surface area contributed by atoms with Crippen LogP contribution in [-0.4, -0.2) is 5.88 Å². The van der Waals surface area contributed by atoms with Gasteiger partial charge >= 0.3 is 0 Å². The van der Waals surface area contributed by atoms with Gasteiger partial charge in [-0.3, -0.25) is 0 Å². The third kappa shape index (κ3) is 1.25. The summed E-state index contributed by atoms with van der Waals surface area (Å²) in [7, 11) is 0. The first-order valence-corrected chi connectivity index (χ1v) is 4.91. The number of rotatable bonds is 2. The van der Waals surface area contributed by atoms with Crippen LogP contribution in [0.15, 0.2) is 30.3 Å². The Hall–Kier alpha value is -0.490. The monoisotopic (exact) mass is 180 g/mol. The molecule has 1 aromatic rings. The number of halogens is 1. The molecule has 1 aliphatic rings. The van der Waals surface area contributed by atoms with Crippen LogP contribution < -0.4 is 0 Å². The third-order valence-electron chi connectivity index (χ3n) is 2.86. The molecule has 1 aromatic carbocycles. The predicted octanol–water partition coefficient (Wildman–Crippen LogP) is 3.42. The van der Waals surface area contributed by atoms with Gasteiger partial charge in [0.05, 0.1) is 0 Å². The lowest BCUT2D eigenvalue weighted by Gasteiger charge is -2.05. The number of benzene rings is 1. The van der Waals surface area contributed by atoms with Crippen molar-refractivity contribution < 1.29 is 0 Å². The molecule has 1 saturated carbocycles. The molecular formula is C11H13Cl. The molecule has 2 unspecified atom stereocenters. The fourth-order valence-corrected chi connectivity index (χ4v) is 2.06. The van der Waals surface area contributed by atoms with E-state index in [2.05, 4.69) is 37.3 Å². The molecule has 0 aliphatic heterocycles. The van der Waals surface area contributed by atoms with Crippen LogP contribution in [0.5, 0.6) is 0 Å². The van der Waals surface area contributed by atoms with Crippen LogP contribution >= 0.6 is 11.6 Å². The Balaban J connectivity index is 2.16. The number of alkyl halides is 1. The highest BCUT2D eigenvalue weighted by Gasteiger charge is 2.49. The predicted molar refractivity (Wildman–Crippen MR) is 52.6 cm³/mol. The summed E-state index contributed by atoms with van der Waals surface area (Å²) in [6.45, 7) is 2.26. The van der Waals surface area contributed by atoms with Crippen LogP contribution in [0.25, 0.3) is 0 Å². The van der Waals surface area contributed by atoms with E-state index in [1.807, 2.05) is 0 Å². The first kappa shape index (κ1) is 8.12. The molecule has 1 heteroatoms. The Labute approximate surface area is 78.6 Å². The first-order valence-electron chi connectivity index (χ1n) is 4.37. The summed E-state index contributed by atoms with van der Waals surface area (Å²) in [5.74, 6) is 1.49. The summed E-state index contributed by atoms with van der Waals surface area (Å²) in [6.07, 6.45) is 1.25. The van der Waals surface area contributed by atoms with Crippen molar-refractivity contribution in [3.63, 3.8) is 0 Å². The molecule has 0 aromatic heterocycles. The molecule has 0 spiro atoms. The van der Waals surface area contributed by atoms with E-state index in [-0.39, 0.29) is 0 Å². The topological polar surface area (TPSA) is 0 Å². The fourth-order valence-electron chi connectivity index (χ4n) is 1.76. The summed E-state index contributed by atoms with van der Waals surface area (Å²) < 4.78 is 0. The second-order valence-electron chi connectivity index (χ2n) is 3.96. The Bertz CT molecular complexity index is 268. The normalized spacial score (nSPS) is 33.3. The van der Waals surface area contributed by atoms with E-state index >= 15 is 0 Å². The Morgan fingerprint density at radius 3 is 2.58 bits per heavy atom. The summed E-state index contributed by atoms with van der Waals surface area (Å²) in [4.78, 5) is 0. The standard InChI is InChI=1S/C11H13Cl/c1-11(8-12)7-10(11)9-5-3-2-4-6-9/h2-6,10H,7-8H2,1H3. The molecule has 0 radical (unpaired) electrons. The smallest absolute Gasteiger partial charge is 0.0283 e. The van der Waals surface area contributed by atoms with Crippen molar-refractivity contribution >= 4 is 11.6 Å². The van der Waals surface area contributed by atoms with Gasteiger partial charge in [0.25, 0.3) is 0 Å². The molecule has 1 aliphatic carbocycles. The number of hydrogen-bond donors (Lipinski definition) is 0. The van der Waals surface area contributed by atoms with Gasteiger partial charge in [-0.05, 0) is 23.3 Å². The first-order chi connectivity index (χ1) is 5.76. The van der Waals surface area contributed by atoms with E-state index in [1.165, 1.54) is 12.0 Å². The lowest BCUT2D eigenvalue weighted by molar-refractivity contribution is 0.630. The SMILES string of the molecule is CC1(CCl)CC1c1ccccc1. The third-order valence-corrected chi connectivity index (χ3v) is 3.47. The maximum absolute atomic E-state index is 5.88. The molecule has 12 heavy (non-hydrogen) atoms. The van der Waals surface area contributed by atoms with Crippen LogP contribution in [0.4, 0.5) is 0 Å².